The molecule has 0 aliphatic rings. The van der Waals surface area contributed by atoms with Crippen LogP contribution in [-0.4, -0.2) is 11.0 Å². The Kier molecular flexibility index (Phi) is 2.95. The molecule has 0 radical (unpaired) electrons. The second-order valence-electron chi connectivity index (χ2n) is 1.59. The molecular weight excluding hydrogens is 138 g/mol. The van der Waals surface area contributed by atoms with Gasteiger partial charge in [0.15, 0.2) is 0 Å². The maximum Gasteiger partial charge on any atom is 0.121 e. The summed E-state index contributed by atoms with van der Waals surface area (Å²) in [5, 5.41) is 13.5. The fourth-order valence-corrected chi connectivity index (χ4v) is 0.431. The van der Waals surface area contributed by atoms with Crippen LogP contribution in [0.2, 0.25) is 0 Å². The van der Waals surface area contributed by atoms with Crippen molar-refractivity contribution in [3.63, 3.8) is 0 Å². The molecule has 0 atom stereocenters. The van der Waals surface area contributed by atoms with E-state index < -0.39 is 0 Å². The van der Waals surface area contributed by atoms with Crippen molar-refractivity contribution in [2.24, 2.45) is 5.73 Å². The Balaban J connectivity index is 4.17. The highest BCUT2D eigenvalue weighted by molar-refractivity contribution is 6.67. The highest BCUT2D eigenvalue weighted by atomic mass is 35.5. The van der Waals surface area contributed by atoms with Crippen LogP contribution in [0.4, 0.5) is 0 Å². The summed E-state index contributed by atoms with van der Waals surface area (Å²) in [4.78, 5) is 0. The van der Waals surface area contributed by atoms with Crippen molar-refractivity contribution in [2.75, 3.05) is 0 Å². The lowest BCUT2D eigenvalue weighted by molar-refractivity contribution is 1.39. The second-order valence-corrected chi connectivity index (χ2v) is 2.00. The summed E-state index contributed by atoms with van der Waals surface area (Å²) >= 11 is 5.17. The van der Waals surface area contributed by atoms with E-state index in [0.29, 0.717) is 5.57 Å². The van der Waals surface area contributed by atoms with E-state index in [9.17, 15) is 0 Å². The van der Waals surface area contributed by atoms with Gasteiger partial charge in [0.1, 0.15) is 11.0 Å². The van der Waals surface area contributed by atoms with E-state index in [1.807, 2.05) is 0 Å². The highest BCUT2D eigenvalue weighted by Gasteiger charge is 1.91. The largest absolute Gasteiger partial charge is 0.384 e. The summed E-state index contributed by atoms with van der Waals surface area (Å²) in [7, 11) is 0. The van der Waals surface area contributed by atoms with Crippen LogP contribution in [0.5, 0.6) is 0 Å². The molecule has 9 heavy (non-hydrogen) atoms. The molecule has 0 aliphatic heterocycles. The zero-order chi connectivity index (χ0) is 7.44. The van der Waals surface area contributed by atoms with Gasteiger partial charge in [-0.2, -0.15) is 0 Å². The predicted molar refractivity (Wildman–Crippen MR) is 39.3 cm³/mol. The number of nitrogens with two attached hydrogens (primary N) is 1. The Labute approximate surface area is 58.5 Å². The molecule has 0 aromatic heterocycles. The summed E-state index contributed by atoms with van der Waals surface area (Å²) in [6.07, 6.45) is 1.32. The minimum Gasteiger partial charge on any atom is -0.384 e. The standard InChI is InChI=1S/C5H8ClN3/c1-3(5(8)9)2-4(6)7/h2,7H,1H3,(H3,8,9)/b3-2-,7-4?. The van der Waals surface area contributed by atoms with E-state index in [1.54, 1.807) is 6.92 Å². The van der Waals surface area contributed by atoms with Crippen molar-refractivity contribution >= 4 is 22.6 Å². The van der Waals surface area contributed by atoms with Crippen molar-refractivity contribution in [1.29, 1.82) is 10.8 Å². The number of allylic oxidation sites excluding steroid dienone is 1. The molecule has 0 spiro atoms. The van der Waals surface area contributed by atoms with E-state index in [2.05, 4.69) is 0 Å². The molecule has 0 rings (SSSR count). The lowest BCUT2D eigenvalue weighted by Crippen LogP contribution is -2.10. The Hall–Kier alpha value is -0.830. The van der Waals surface area contributed by atoms with Crippen LogP contribution >= 0.6 is 11.6 Å². The van der Waals surface area contributed by atoms with Gasteiger partial charge in [0, 0.05) is 0 Å². The molecule has 0 aromatic carbocycles. The van der Waals surface area contributed by atoms with E-state index >= 15 is 0 Å². The molecular formula is C5H8ClN3. The Morgan fingerprint density at radius 3 is 2.11 bits per heavy atom. The molecule has 4 heteroatoms. The summed E-state index contributed by atoms with van der Waals surface area (Å²) in [5.74, 6) is -0.0552. The van der Waals surface area contributed by atoms with Gasteiger partial charge in [0.05, 0.1) is 0 Å². The minimum absolute atomic E-state index is 0.0552. The zero-order valence-electron chi connectivity index (χ0n) is 5.03. The number of hydrogen-bond donors (Lipinski definition) is 3. The van der Waals surface area contributed by atoms with E-state index in [1.165, 1.54) is 6.08 Å². The monoisotopic (exact) mass is 145 g/mol. The van der Waals surface area contributed by atoms with E-state index in [0.717, 1.165) is 0 Å². The van der Waals surface area contributed by atoms with Gasteiger partial charge in [-0.05, 0) is 18.6 Å². The van der Waals surface area contributed by atoms with Crippen LogP contribution in [0.15, 0.2) is 11.6 Å². The van der Waals surface area contributed by atoms with Gasteiger partial charge in [0.25, 0.3) is 0 Å². The maximum atomic E-state index is 6.85. The van der Waals surface area contributed by atoms with Crippen LogP contribution in [-0.2, 0) is 0 Å². The van der Waals surface area contributed by atoms with Gasteiger partial charge in [-0.1, -0.05) is 11.6 Å². The first-order chi connectivity index (χ1) is 4.04. The highest BCUT2D eigenvalue weighted by Crippen LogP contribution is 1.93. The third-order valence-electron chi connectivity index (χ3n) is 0.768. The first-order valence-electron chi connectivity index (χ1n) is 2.31. The summed E-state index contributed by atoms with van der Waals surface area (Å²) in [5.41, 5.74) is 5.55. The molecule has 0 fully saturated rings. The fraction of sp³-hybridized carbons (Fsp3) is 0.200. The molecule has 0 aliphatic carbocycles. The van der Waals surface area contributed by atoms with Crippen molar-refractivity contribution < 1.29 is 0 Å². The average molecular weight is 146 g/mol. The normalized spacial score (nSPS) is 11.1. The SMILES string of the molecule is C/C(=C/C(=N)Cl)C(=N)N. The summed E-state index contributed by atoms with van der Waals surface area (Å²) in [6.45, 7) is 1.62. The zero-order valence-corrected chi connectivity index (χ0v) is 5.79. The van der Waals surface area contributed by atoms with Gasteiger partial charge in [-0.3, -0.25) is 10.8 Å². The van der Waals surface area contributed by atoms with Crippen LogP contribution < -0.4 is 5.73 Å². The summed E-state index contributed by atoms with van der Waals surface area (Å²) in [6, 6.07) is 0. The van der Waals surface area contributed by atoms with Gasteiger partial charge in [-0.25, -0.2) is 0 Å². The Morgan fingerprint density at radius 1 is 1.56 bits per heavy atom. The number of hydrogen-bond acceptors (Lipinski definition) is 2. The van der Waals surface area contributed by atoms with Crippen molar-refractivity contribution in [2.45, 2.75) is 6.92 Å². The minimum atomic E-state index is -0.109. The molecule has 0 bridgehead atoms. The quantitative estimate of drug-likeness (QED) is 0.395. The van der Waals surface area contributed by atoms with Crippen LogP contribution in [0.1, 0.15) is 6.92 Å². The third kappa shape index (κ3) is 3.73. The van der Waals surface area contributed by atoms with Gasteiger partial charge >= 0.3 is 0 Å². The maximum absolute atomic E-state index is 6.85. The molecule has 0 unspecified atom stereocenters. The predicted octanol–water partition coefficient (Wildman–Crippen LogP) is 1.08. The number of nitrogens with one attached hydrogen (secondary N) is 2. The van der Waals surface area contributed by atoms with E-state index in [-0.39, 0.29) is 11.0 Å². The second kappa shape index (κ2) is 3.25. The topological polar surface area (TPSA) is 73.7 Å². The third-order valence-corrected chi connectivity index (χ3v) is 0.877. The molecule has 0 amide bonds. The number of amidine groups is 1. The lowest BCUT2D eigenvalue weighted by Gasteiger charge is -1.92. The lowest BCUT2D eigenvalue weighted by atomic mass is 10.3. The Morgan fingerprint density at radius 2 is 2.00 bits per heavy atom. The van der Waals surface area contributed by atoms with Gasteiger partial charge in [-0.15, -0.1) is 0 Å². The smallest absolute Gasteiger partial charge is 0.121 e. The molecule has 50 valence electrons. The average Bonchev–Trinajstić information content (AvgIpc) is 1.63. The number of rotatable bonds is 2. The first kappa shape index (κ1) is 8.17. The molecule has 0 heterocycles. The molecule has 3 nitrogen and oxygen atoms in total. The van der Waals surface area contributed by atoms with Crippen LogP contribution in [0, 0.1) is 10.8 Å². The van der Waals surface area contributed by atoms with Crippen molar-refractivity contribution in [1.82, 2.24) is 0 Å². The van der Waals surface area contributed by atoms with Crippen LogP contribution in [0.3, 0.4) is 0 Å². The van der Waals surface area contributed by atoms with E-state index in [4.69, 9.17) is 28.2 Å². The fourth-order valence-electron chi connectivity index (χ4n) is 0.268. The molecule has 4 N–H and O–H groups in total. The summed E-state index contributed by atoms with van der Waals surface area (Å²) < 4.78 is 0. The number of halogens is 1. The molecule has 0 aromatic rings. The molecule has 0 saturated carbocycles. The van der Waals surface area contributed by atoms with Crippen LogP contribution in [0.25, 0.3) is 0 Å². The first-order valence-corrected chi connectivity index (χ1v) is 2.68. The molecule has 0 saturated heterocycles. The Bertz CT molecular complexity index is 171. The van der Waals surface area contributed by atoms with Gasteiger partial charge in [0.2, 0.25) is 0 Å². The van der Waals surface area contributed by atoms with Crippen molar-refractivity contribution in [3.05, 3.63) is 11.6 Å². The van der Waals surface area contributed by atoms with Crippen molar-refractivity contribution in [3.8, 4) is 0 Å². The van der Waals surface area contributed by atoms with Gasteiger partial charge < -0.3 is 5.73 Å².